The predicted octanol–water partition coefficient (Wildman–Crippen LogP) is 2.55. The minimum atomic E-state index is -1.01. The van der Waals surface area contributed by atoms with E-state index in [0.29, 0.717) is 19.1 Å². The second-order valence-corrected chi connectivity index (χ2v) is 6.48. The summed E-state index contributed by atoms with van der Waals surface area (Å²) in [6.07, 6.45) is 8.44. The van der Waals surface area contributed by atoms with Crippen molar-refractivity contribution in [1.29, 1.82) is 0 Å². The molecule has 0 aromatic heterocycles. The SMILES string of the molecule is CC1CCC(OCCC2CCCC2(N)C(=O)O)CC1. The number of carboxylic acids is 1. The molecule has 4 nitrogen and oxygen atoms in total. The van der Waals surface area contributed by atoms with E-state index in [1.807, 2.05) is 0 Å². The molecule has 2 aliphatic carbocycles. The number of hydrogen-bond donors (Lipinski definition) is 2. The number of carbonyl (C=O) groups is 1. The van der Waals surface area contributed by atoms with E-state index >= 15 is 0 Å². The van der Waals surface area contributed by atoms with Crippen LogP contribution in [0.15, 0.2) is 0 Å². The summed E-state index contributed by atoms with van der Waals surface area (Å²) in [5.74, 6) is 0.0624. The Labute approximate surface area is 115 Å². The van der Waals surface area contributed by atoms with Gasteiger partial charge in [-0.1, -0.05) is 13.3 Å². The minimum Gasteiger partial charge on any atom is -0.480 e. The molecule has 0 amide bonds. The Kier molecular flexibility index (Phi) is 4.85. The molecule has 2 fully saturated rings. The first-order chi connectivity index (χ1) is 9.02. The van der Waals surface area contributed by atoms with Gasteiger partial charge < -0.3 is 15.6 Å². The number of hydrogen-bond acceptors (Lipinski definition) is 3. The van der Waals surface area contributed by atoms with E-state index in [4.69, 9.17) is 10.5 Å². The van der Waals surface area contributed by atoms with Gasteiger partial charge in [0.2, 0.25) is 0 Å². The van der Waals surface area contributed by atoms with Crippen LogP contribution in [0.5, 0.6) is 0 Å². The highest BCUT2D eigenvalue weighted by Crippen LogP contribution is 2.36. The van der Waals surface area contributed by atoms with E-state index in [1.165, 1.54) is 12.8 Å². The van der Waals surface area contributed by atoms with Gasteiger partial charge in [0.1, 0.15) is 5.54 Å². The number of nitrogens with two attached hydrogens (primary N) is 1. The van der Waals surface area contributed by atoms with Crippen molar-refractivity contribution in [3.8, 4) is 0 Å². The van der Waals surface area contributed by atoms with Crippen LogP contribution in [0.25, 0.3) is 0 Å². The molecule has 4 heteroatoms. The minimum absolute atomic E-state index is 0.0764. The molecular weight excluding hydrogens is 242 g/mol. The summed E-state index contributed by atoms with van der Waals surface area (Å²) in [5.41, 5.74) is 5.02. The van der Waals surface area contributed by atoms with Gasteiger partial charge >= 0.3 is 5.97 Å². The van der Waals surface area contributed by atoms with E-state index in [-0.39, 0.29) is 5.92 Å². The molecule has 2 atom stereocenters. The van der Waals surface area contributed by atoms with Crippen molar-refractivity contribution in [2.24, 2.45) is 17.6 Å². The van der Waals surface area contributed by atoms with Crippen LogP contribution in [-0.4, -0.2) is 29.3 Å². The number of ether oxygens (including phenoxy) is 1. The second kappa shape index (κ2) is 6.23. The maximum atomic E-state index is 11.3. The molecule has 0 aliphatic heterocycles. The van der Waals surface area contributed by atoms with Crippen molar-refractivity contribution in [3.05, 3.63) is 0 Å². The molecule has 0 radical (unpaired) electrons. The standard InChI is InChI=1S/C15H27NO3/c1-11-4-6-13(7-5-11)19-10-8-12-3-2-9-15(12,16)14(17)18/h11-13H,2-10,16H2,1H3,(H,17,18). The van der Waals surface area contributed by atoms with Crippen LogP contribution in [0.2, 0.25) is 0 Å². The van der Waals surface area contributed by atoms with E-state index in [0.717, 1.165) is 38.0 Å². The summed E-state index contributed by atoms with van der Waals surface area (Å²) in [6, 6.07) is 0. The molecule has 2 saturated carbocycles. The van der Waals surface area contributed by atoms with Crippen LogP contribution in [0, 0.1) is 11.8 Å². The van der Waals surface area contributed by atoms with Crippen LogP contribution in [0.3, 0.4) is 0 Å². The summed E-state index contributed by atoms with van der Waals surface area (Å²) < 4.78 is 5.92. The van der Waals surface area contributed by atoms with E-state index in [9.17, 15) is 9.90 Å². The van der Waals surface area contributed by atoms with Gasteiger partial charge in [0.25, 0.3) is 0 Å². The molecule has 0 aromatic rings. The van der Waals surface area contributed by atoms with Crippen molar-refractivity contribution in [2.45, 2.75) is 69.9 Å². The first-order valence-corrected chi connectivity index (χ1v) is 7.66. The maximum absolute atomic E-state index is 11.3. The maximum Gasteiger partial charge on any atom is 0.323 e. The van der Waals surface area contributed by atoms with Crippen molar-refractivity contribution >= 4 is 5.97 Å². The Morgan fingerprint density at radius 3 is 2.63 bits per heavy atom. The molecule has 0 aromatic carbocycles. The topological polar surface area (TPSA) is 72.5 Å². The Hall–Kier alpha value is -0.610. The predicted molar refractivity (Wildman–Crippen MR) is 73.9 cm³/mol. The molecular formula is C15H27NO3. The van der Waals surface area contributed by atoms with E-state index in [2.05, 4.69) is 6.92 Å². The summed E-state index contributed by atoms with van der Waals surface area (Å²) >= 11 is 0. The summed E-state index contributed by atoms with van der Waals surface area (Å²) in [5, 5.41) is 9.25. The first kappa shape index (κ1) is 14.8. The average Bonchev–Trinajstić information content (AvgIpc) is 2.75. The van der Waals surface area contributed by atoms with Crippen molar-refractivity contribution in [1.82, 2.24) is 0 Å². The largest absolute Gasteiger partial charge is 0.480 e. The van der Waals surface area contributed by atoms with Crippen LogP contribution >= 0.6 is 0 Å². The molecule has 110 valence electrons. The molecule has 19 heavy (non-hydrogen) atoms. The molecule has 3 N–H and O–H groups in total. The van der Waals surface area contributed by atoms with Gasteiger partial charge in [0, 0.05) is 6.61 Å². The Morgan fingerprint density at radius 1 is 1.32 bits per heavy atom. The zero-order valence-electron chi connectivity index (χ0n) is 11.9. The Morgan fingerprint density at radius 2 is 2.00 bits per heavy atom. The Balaban J connectivity index is 1.72. The third kappa shape index (κ3) is 3.48. The lowest BCUT2D eigenvalue weighted by Gasteiger charge is -2.29. The summed E-state index contributed by atoms with van der Waals surface area (Å²) in [7, 11) is 0. The molecule has 0 bridgehead atoms. The van der Waals surface area contributed by atoms with Gasteiger partial charge in [-0.15, -0.1) is 0 Å². The third-order valence-electron chi connectivity index (χ3n) is 5.05. The lowest BCUT2D eigenvalue weighted by Crippen LogP contribution is -2.51. The zero-order valence-corrected chi connectivity index (χ0v) is 11.9. The summed E-state index contributed by atoms with van der Waals surface area (Å²) in [4.78, 5) is 11.3. The van der Waals surface area contributed by atoms with E-state index < -0.39 is 11.5 Å². The smallest absolute Gasteiger partial charge is 0.323 e. The fourth-order valence-electron chi connectivity index (χ4n) is 3.56. The lowest BCUT2D eigenvalue weighted by atomic mass is 9.86. The highest BCUT2D eigenvalue weighted by molar-refractivity contribution is 5.79. The normalized spacial score (nSPS) is 39.4. The fourth-order valence-corrected chi connectivity index (χ4v) is 3.56. The number of aliphatic carboxylic acids is 1. The van der Waals surface area contributed by atoms with Crippen molar-refractivity contribution < 1.29 is 14.6 Å². The van der Waals surface area contributed by atoms with Gasteiger partial charge in [-0.25, -0.2) is 0 Å². The fraction of sp³-hybridized carbons (Fsp3) is 0.933. The zero-order chi connectivity index (χ0) is 13.9. The van der Waals surface area contributed by atoms with Crippen LogP contribution < -0.4 is 5.73 Å². The second-order valence-electron chi connectivity index (χ2n) is 6.48. The van der Waals surface area contributed by atoms with Gasteiger partial charge in [-0.2, -0.15) is 0 Å². The van der Waals surface area contributed by atoms with Crippen LogP contribution in [-0.2, 0) is 9.53 Å². The van der Waals surface area contributed by atoms with Gasteiger partial charge in [0.15, 0.2) is 0 Å². The van der Waals surface area contributed by atoms with Crippen LogP contribution in [0.4, 0.5) is 0 Å². The highest BCUT2D eigenvalue weighted by Gasteiger charge is 2.45. The molecule has 2 aliphatic rings. The van der Waals surface area contributed by atoms with Crippen molar-refractivity contribution in [3.63, 3.8) is 0 Å². The first-order valence-electron chi connectivity index (χ1n) is 7.66. The number of carboxylic acid groups (broad SMARTS) is 1. The van der Waals surface area contributed by atoms with Gasteiger partial charge in [-0.05, 0) is 56.8 Å². The Bertz CT molecular complexity index is 313. The molecule has 2 rings (SSSR count). The summed E-state index contributed by atoms with van der Waals surface area (Å²) in [6.45, 7) is 2.96. The highest BCUT2D eigenvalue weighted by atomic mass is 16.5. The van der Waals surface area contributed by atoms with Crippen molar-refractivity contribution in [2.75, 3.05) is 6.61 Å². The lowest BCUT2D eigenvalue weighted by molar-refractivity contribution is -0.145. The monoisotopic (exact) mass is 269 g/mol. The molecule has 0 saturated heterocycles. The molecule has 0 heterocycles. The quantitative estimate of drug-likeness (QED) is 0.804. The number of rotatable bonds is 5. The van der Waals surface area contributed by atoms with Gasteiger partial charge in [0.05, 0.1) is 6.10 Å². The van der Waals surface area contributed by atoms with E-state index in [1.54, 1.807) is 0 Å². The third-order valence-corrected chi connectivity index (χ3v) is 5.05. The van der Waals surface area contributed by atoms with Crippen LogP contribution in [0.1, 0.15) is 58.3 Å². The molecule has 2 unspecified atom stereocenters. The molecule has 0 spiro atoms. The van der Waals surface area contributed by atoms with Gasteiger partial charge in [-0.3, -0.25) is 4.79 Å². The average molecular weight is 269 g/mol.